The SMILES string of the molecule is CC(C)(C)OC(=O)NC(C(=O)c1ccc(Cl)cc1)C1CC1. The second-order valence-corrected chi connectivity index (χ2v) is 6.77. The van der Waals surface area contributed by atoms with E-state index < -0.39 is 17.7 Å². The van der Waals surface area contributed by atoms with Crippen LogP contribution in [0, 0.1) is 5.92 Å². The number of nitrogens with one attached hydrogen (secondary N) is 1. The van der Waals surface area contributed by atoms with Gasteiger partial charge in [0.05, 0.1) is 6.04 Å². The molecule has 0 radical (unpaired) electrons. The molecule has 1 aromatic rings. The number of hydrogen-bond donors (Lipinski definition) is 1. The lowest BCUT2D eigenvalue weighted by Crippen LogP contribution is -2.44. The number of ether oxygens (including phenoxy) is 1. The molecule has 0 spiro atoms. The van der Waals surface area contributed by atoms with E-state index in [1.165, 1.54) is 0 Å². The van der Waals surface area contributed by atoms with Crippen LogP contribution < -0.4 is 5.32 Å². The average Bonchev–Trinajstić information content (AvgIpc) is 3.18. The van der Waals surface area contributed by atoms with Gasteiger partial charge in [0.1, 0.15) is 5.60 Å². The molecule has 0 bridgehead atoms. The lowest BCUT2D eigenvalue weighted by Gasteiger charge is -2.23. The van der Waals surface area contributed by atoms with Crippen LogP contribution in [-0.2, 0) is 4.74 Å². The van der Waals surface area contributed by atoms with Gasteiger partial charge >= 0.3 is 6.09 Å². The molecule has 114 valence electrons. The molecule has 5 heteroatoms. The molecule has 1 unspecified atom stereocenters. The number of Topliss-reactive ketones (excluding diaryl/α,β-unsaturated/α-hetero) is 1. The Bertz CT molecular complexity index is 529. The molecule has 21 heavy (non-hydrogen) atoms. The van der Waals surface area contributed by atoms with Gasteiger partial charge in [-0.2, -0.15) is 0 Å². The molecule has 1 saturated carbocycles. The quantitative estimate of drug-likeness (QED) is 0.860. The Morgan fingerprint density at radius 3 is 2.29 bits per heavy atom. The van der Waals surface area contributed by atoms with Gasteiger partial charge in [0, 0.05) is 10.6 Å². The lowest BCUT2D eigenvalue weighted by atomic mass is 10.0. The fraction of sp³-hybridized carbons (Fsp3) is 0.500. The zero-order chi connectivity index (χ0) is 15.6. The first-order chi connectivity index (χ1) is 9.76. The van der Waals surface area contributed by atoms with E-state index in [1.807, 2.05) is 0 Å². The van der Waals surface area contributed by atoms with Gasteiger partial charge in [-0.15, -0.1) is 0 Å². The van der Waals surface area contributed by atoms with E-state index in [4.69, 9.17) is 16.3 Å². The molecular weight excluding hydrogens is 290 g/mol. The molecular formula is C16H20ClNO3. The third kappa shape index (κ3) is 4.74. The third-order valence-electron chi connectivity index (χ3n) is 3.18. The van der Waals surface area contributed by atoms with Crippen molar-refractivity contribution >= 4 is 23.5 Å². The maximum Gasteiger partial charge on any atom is 0.408 e. The Balaban J connectivity index is 2.07. The molecule has 0 aliphatic heterocycles. The van der Waals surface area contributed by atoms with E-state index in [0.717, 1.165) is 12.8 Å². The first-order valence-electron chi connectivity index (χ1n) is 7.05. The maximum absolute atomic E-state index is 12.5. The van der Waals surface area contributed by atoms with Crippen LogP contribution in [0.4, 0.5) is 4.79 Å². The van der Waals surface area contributed by atoms with Crippen LogP contribution in [0.3, 0.4) is 0 Å². The van der Waals surface area contributed by atoms with Crippen LogP contribution in [0.2, 0.25) is 5.02 Å². The number of benzene rings is 1. The predicted octanol–water partition coefficient (Wildman–Crippen LogP) is 3.83. The Labute approximate surface area is 129 Å². The van der Waals surface area contributed by atoms with Crippen LogP contribution in [-0.4, -0.2) is 23.5 Å². The van der Waals surface area contributed by atoms with E-state index >= 15 is 0 Å². The zero-order valence-corrected chi connectivity index (χ0v) is 13.2. The highest BCUT2D eigenvalue weighted by atomic mass is 35.5. The Morgan fingerprint density at radius 1 is 1.24 bits per heavy atom. The van der Waals surface area contributed by atoms with Crippen LogP contribution >= 0.6 is 11.6 Å². The highest BCUT2D eigenvalue weighted by Crippen LogP contribution is 2.34. The van der Waals surface area contributed by atoms with Crippen molar-refractivity contribution in [3.63, 3.8) is 0 Å². The lowest BCUT2D eigenvalue weighted by molar-refractivity contribution is 0.0484. The second-order valence-electron chi connectivity index (χ2n) is 6.33. The van der Waals surface area contributed by atoms with Gasteiger partial charge in [-0.05, 0) is 63.8 Å². The normalized spacial score (nSPS) is 16.2. The standard InChI is InChI=1S/C16H20ClNO3/c1-16(2,3)21-15(20)18-13(10-4-5-10)14(19)11-6-8-12(17)9-7-11/h6-10,13H,4-5H2,1-3H3,(H,18,20). The number of ketones is 1. The van der Waals surface area contributed by atoms with Crippen molar-refractivity contribution in [1.29, 1.82) is 0 Å². The van der Waals surface area contributed by atoms with Gasteiger partial charge in [0.15, 0.2) is 5.78 Å². The van der Waals surface area contributed by atoms with Crippen LogP contribution in [0.15, 0.2) is 24.3 Å². The van der Waals surface area contributed by atoms with Crippen molar-refractivity contribution < 1.29 is 14.3 Å². The summed E-state index contributed by atoms with van der Waals surface area (Å²) in [6.07, 6.45) is 1.33. The molecule has 1 N–H and O–H groups in total. The minimum Gasteiger partial charge on any atom is -0.444 e. The third-order valence-corrected chi connectivity index (χ3v) is 3.43. The highest BCUT2D eigenvalue weighted by molar-refractivity contribution is 6.30. The van der Waals surface area contributed by atoms with E-state index in [0.29, 0.717) is 10.6 Å². The van der Waals surface area contributed by atoms with E-state index in [9.17, 15) is 9.59 Å². The molecule has 1 fully saturated rings. The Morgan fingerprint density at radius 2 is 1.81 bits per heavy atom. The number of hydrogen-bond acceptors (Lipinski definition) is 3. The summed E-state index contributed by atoms with van der Waals surface area (Å²) in [5.41, 5.74) is -0.0334. The number of halogens is 1. The fourth-order valence-corrected chi connectivity index (χ4v) is 2.18. The number of alkyl carbamates (subject to hydrolysis) is 1. The summed E-state index contributed by atoms with van der Waals surface area (Å²) >= 11 is 5.83. The van der Waals surface area contributed by atoms with Crippen molar-refractivity contribution in [3.8, 4) is 0 Å². The average molecular weight is 310 g/mol. The topological polar surface area (TPSA) is 55.4 Å². The van der Waals surface area contributed by atoms with Crippen LogP contribution in [0.1, 0.15) is 44.0 Å². The first kappa shape index (κ1) is 15.8. The van der Waals surface area contributed by atoms with Crippen molar-refractivity contribution in [2.75, 3.05) is 0 Å². The molecule has 0 heterocycles. The summed E-state index contributed by atoms with van der Waals surface area (Å²) in [7, 11) is 0. The van der Waals surface area contributed by atoms with Crippen LogP contribution in [0.5, 0.6) is 0 Å². The number of amides is 1. The monoisotopic (exact) mass is 309 g/mol. The van der Waals surface area contributed by atoms with Crippen molar-refractivity contribution in [3.05, 3.63) is 34.9 Å². The summed E-state index contributed by atoms with van der Waals surface area (Å²) in [4.78, 5) is 24.4. The molecule has 0 aromatic heterocycles. The minimum absolute atomic E-state index is 0.0972. The zero-order valence-electron chi connectivity index (χ0n) is 12.5. The summed E-state index contributed by atoms with van der Waals surface area (Å²) < 4.78 is 5.23. The van der Waals surface area contributed by atoms with Crippen molar-refractivity contribution in [1.82, 2.24) is 5.32 Å². The van der Waals surface area contributed by atoms with Gasteiger partial charge in [0.25, 0.3) is 0 Å². The largest absolute Gasteiger partial charge is 0.444 e. The summed E-state index contributed by atoms with van der Waals surface area (Å²) in [6, 6.07) is 6.17. The maximum atomic E-state index is 12.5. The van der Waals surface area contributed by atoms with E-state index in [1.54, 1.807) is 45.0 Å². The van der Waals surface area contributed by atoms with Gasteiger partial charge in [-0.1, -0.05) is 11.6 Å². The number of rotatable bonds is 4. The molecule has 1 atom stereocenters. The molecule has 1 aliphatic carbocycles. The number of carbonyl (C=O) groups is 2. The van der Waals surface area contributed by atoms with Crippen molar-refractivity contribution in [2.45, 2.75) is 45.3 Å². The summed E-state index contributed by atoms with van der Waals surface area (Å²) in [6.45, 7) is 5.37. The first-order valence-corrected chi connectivity index (χ1v) is 7.43. The smallest absolute Gasteiger partial charge is 0.408 e. The highest BCUT2D eigenvalue weighted by Gasteiger charge is 2.38. The van der Waals surface area contributed by atoms with Gasteiger partial charge in [-0.25, -0.2) is 4.79 Å². The van der Waals surface area contributed by atoms with E-state index in [-0.39, 0.29) is 11.7 Å². The Kier molecular flexibility index (Phi) is 4.57. The van der Waals surface area contributed by atoms with Gasteiger partial charge < -0.3 is 10.1 Å². The fourth-order valence-electron chi connectivity index (χ4n) is 2.06. The molecule has 0 saturated heterocycles. The molecule has 1 amide bonds. The van der Waals surface area contributed by atoms with E-state index in [2.05, 4.69) is 5.32 Å². The molecule has 4 nitrogen and oxygen atoms in total. The van der Waals surface area contributed by atoms with Crippen molar-refractivity contribution in [2.24, 2.45) is 5.92 Å². The molecule has 1 aliphatic rings. The second kappa shape index (κ2) is 6.06. The summed E-state index contributed by atoms with van der Waals surface area (Å²) in [5.74, 6) is 0.0979. The minimum atomic E-state index is -0.582. The number of carbonyl (C=O) groups excluding carboxylic acids is 2. The Hall–Kier alpha value is -1.55. The van der Waals surface area contributed by atoms with Crippen LogP contribution in [0.25, 0.3) is 0 Å². The predicted molar refractivity (Wildman–Crippen MR) is 81.7 cm³/mol. The van der Waals surface area contributed by atoms with Gasteiger partial charge in [-0.3, -0.25) is 4.79 Å². The molecule has 1 aromatic carbocycles. The molecule has 2 rings (SSSR count). The van der Waals surface area contributed by atoms with Gasteiger partial charge in [0.2, 0.25) is 0 Å². The summed E-state index contributed by atoms with van der Waals surface area (Å²) in [5, 5.41) is 3.28.